The number of nitrogens with zero attached hydrogens (tertiary/aromatic N) is 1. The van der Waals surface area contributed by atoms with Gasteiger partial charge in [0.1, 0.15) is 0 Å². The number of carbonyl (C=O) groups excluding carboxylic acids is 1. The molecule has 0 radical (unpaired) electrons. The van der Waals surface area contributed by atoms with E-state index in [9.17, 15) is 4.79 Å². The summed E-state index contributed by atoms with van der Waals surface area (Å²) in [7, 11) is 0. The molecule has 4 heteroatoms. The van der Waals surface area contributed by atoms with E-state index in [-0.39, 0.29) is 5.91 Å². The summed E-state index contributed by atoms with van der Waals surface area (Å²) in [5, 5.41) is 4.71. The van der Waals surface area contributed by atoms with Crippen LogP contribution in [-0.4, -0.2) is 10.9 Å². The fraction of sp³-hybridized carbons (Fsp3) is 0.158. The number of amides is 1. The highest BCUT2D eigenvalue weighted by molar-refractivity contribution is 6.30. The second-order valence-corrected chi connectivity index (χ2v) is 6.40. The minimum absolute atomic E-state index is 0.0249. The van der Waals surface area contributed by atoms with Crippen LogP contribution in [0.4, 0.5) is 5.69 Å². The largest absolute Gasteiger partial charge is 0.324 e. The first kappa shape index (κ1) is 14.2. The molecule has 23 heavy (non-hydrogen) atoms. The molecule has 1 amide bonds. The molecule has 3 nitrogen and oxygen atoms in total. The Morgan fingerprint density at radius 1 is 1.09 bits per heavy atom. The van der Waals surface area contributed by atoms with Crippen LogP contribution in [0.3, 0.4) is 0 Å². The van der Waals surface area contributed by atoms with Gasteiger partial charge in [-0.05, 0) is 42.7 Å². The highest BCUT2D eigenvalue weighted by Crippen LogP contribution is 2.49. The summed E-state index contributed by atoms with van der Waals surface area (Å²) in [6.45, 7) is 0. The standard InChI is InChI=1S/C19H15ClN2O/c20-15-7-5-14(6-8-15)19(9-10-19)18(23)22-16-11-13-3-1-2-4-17(13)21-12-16/h1-8,11-12H,9-10H2,(H,22,23). The lowest BCUT2D eigenvalue weighted by molar-refractivity contribution is -0.118. The Bertz CT molecular complexity index is 885. The van der Waals surface area contributed by atoms with Gasteiger partial charge >= 0.3 is 0 Å². The molecule has 4 rings (SSSR count). The van der Waals surface area contributed by atoms with E-state index < -0.39 is 5.41 Å². The van der Waals surface area contributed by atoms with Crippen molar-refractivity contribution in [3.63, 3.8) is 0 Å². The van der Waals surface area contributed by atoms with Gasteiger partial charge in [-0.1, -0.05) is 41.9 Å². The van der Waals surface area contributed by atoms with Crippen molar-refractivity contribution in [1.29, 1.82) is 0 Å². The zero-order chi connectivity index (χ0) is 15.9. The van der Waals surface area contributed by atoms with Crippen molar-refractivity contribution >= 4 is 34.1 Å². The van der Waals surface area contributed by atoms with E-state index in [1.54, 1.807) is 6.20 Å². The van der Waals surface area contributed by atoms with Gasteiger partial charge in [0.2, 0.25) is 5.91 Å². The predicted octanol–water partition coefficient (Wildman–Crippen LogP) is 4.56. The Hall–Kier alpha value is -2.39. The molecule has 3 aromatic rings. The molecule has 0 atom stereocenters. The number of fused-ring (bicyclic) bond motifs is 1. The molecule has 1 aromatic heterocycles. The lowest BCUT2D eigenvalue weighted by atomic mass is 9.95. The lowest BCUT2D eigenvalue weighted by Crippen LogP contribution is -2.27. The number of anilines is 1. The Labute approximate surface area is 139 Å². The van der Waals surface area contributed by atoms with Gasteiger partial charge in [-0.25, -0.2) is 0 Å². The summed E-state index contributed by atoms with van der Waals surface area (Å²) >= 11 is 5.94. The first-order valence-electron chi connectivity index (χ1n) is 7.60. The average molecular weight is 323 g/mol. The number of nitrogens with one attached hydrogen (secondary N) is 1. The molecule has 1 heterocycles. The Morgan fingerprint density at radius 2 is 1.83 bits per heavy atom. The van der Waals surface area contributed by atoms with E-state index in [2.05, 4.69) is 10.3 Å². The summed E-state index contributed by atoms with van der Waals surface area (Å²) in [5.74, 6) is 0.0249. The number of hydrogen-bond donors (Lipinski definition) is 1. The maximum Gasteiger partial charge on any atom is 0.235 e. The highest BCUT2D eigenvalue weighted by atomic mass is 35.5. The molecule has 1 aliphatic rings. The minimum atomic E-state index is -0.420. The Kier molecular flexibility index (Phi) is 3.31. The smallest absolute Gasteiger partial charge is 0.235 e. The highest BCUT2D eigenvalue weighted by Gasteiger charge is 2.51. The van der Waals surface area contributed by atoms with Crippen molar-refractivity contribution in [1.82, 2.24) is 4.98 Å². The number of hydrogen-bond acceptors (Lipinski definition) is 2. The quantitative estimate of drug-likeness (QED) is 0.768. The van der Waals surface area contributed by atoms with Crippen LogP contribution >= 0.6 is 11.6 Å². The van der Waals surface area contributed by atoms with Crippen molar-refractivity contribution in [3.05, 3.63) is 71.4 Å². The van der Waals surface area contributed by atoms with Crippen molar-refractivity contribution in [3.8, 4) is 0 Å². The van der Waals surface area contributed by atoms with E-state index in [1.165, 1.54) is 0 Å². The summed E-state index contributed by atoms with van der Waals surface area (Å²) in [6.07, 6.45) is 3.43. The van der Waals surface area contributed by atoms with Crippen LogP contribution < -0.4 is 5.32 Å². The molecular formula is C19H15ClN2O. The first-order valence-corrected chi connectivity index (χ1v) is 7.97. The molecule has 0 spiro atoms. The van der Waals surface area contributed by atoms with Crippen LogP contribution in [0.5, 0.6) is 0 Å². The molecular weight excluding hydrogens is 308 g/mol. The topological polar surface area (TPSA) is 42.0 Å². The number of carbonyl (C=O) groups is 1. The average Bonchev–Trinajstić information content (AvgIpc) is 3.37. The molecule has 0 saturated heterocycles. The van der Waals surface area contributed by atoms with Crippen molar-refractivity contribution in [2.45, 2.75) is 18.3 Å². The van der Waals surface area contributed by atoms with E-state index >= 15 is 0 Å². The molecule has 1 N–H and O–H groups in total. The van der Waals surface area contributed by atoms with Gasteiger partial charge in [-0.15, -0.1) is 0 Å². The van der Waals surface area contributed by atoms with Crippen LogP contribution in [-0.2, 0) is 10.2 Å². The number of para-hydroxylation sites is 1. The number of rotatable bonds is 3. The number of halogens is 1. The second kappa shape index (κ2) is 5.36. The van der Waals surface area contributed by atoms with Gasteiger partial charge in [0.25, 0.3) is 0 Å². The minimum Gasteiger partial charge on any atom is -0.324 e. The van der Waals surface area contributed by atoms with Gasteiger partial charge in [-0.2, -0.15) is 0 Å². The Balaban J connectivity index is 1.60. The van der Waals surface area contributed by atoms with E-state index in [1.807, 2.05) is 54.6 Å². The molecule has 0 bridgehead atoms. The summed E-state index contributed by atoms with van der Waals surface area (Å²) in [4.78, 5) is 17.1. The monoisotopic (exact) mass is 322 g/mol. The number of benzene rings is 2. The van der Waals surface area contributed by atoms with Crippen molar-refractivity contribution < 1.29 is 4.79 Å². The predicted molar refractivity (Wildman–Crippen MR) is 92.7 cm³/mol. The molecule has 1 aliphatic carbocycles. The van der Waals surface area contributed by atoms with Crippen molar-refractivity contribution in [2.24, 2.45) is 0 Å². The van der Waals surface area contributed by atoms with Crippen LogP contribution in [0.2, 0.25) is 5.02 Å². The third-order valence-electron chi connectivity index (χ3n) is 4.43. The van der Waals surface area contributed by atoms with Crippen LogP contribution in [0.1, 0.15) is 18.4 Å². The number of aromatic nitrogens is 1. The summed E-state index contributed by atoms with van der Waals surface area (Å²) < 4.78 is 0. The lowest BCUT2D eigenvalue weighted by Gasteiger charge is -2.16. The van der Waals surface area contributed by atoms with E-state index in [0.717, 1.165) is 35.0 Å². The van der Waals surface area contributed by atoms with Crippen LogP contribution in [0.25, 0.3) is 10.9 Å². The second-order valence-electron chi connectivity index (χ2n) is 5.96. The maximum absolute atomic E-state index is 12.7. The van der Waals surface area contributed by atoms with Gasteiger partial charge in [0.05, 0.1) is 22.8 Å². The van der Waals surface area contributed by atoms with Crippen LogP contribution in [0.15, 0.2) is 60.8 Å². The SMILES string of the molecule is O=C(Nc1cnc2ccccc2c1)C1(c2ccc(Cl)cc2)CC1. The number of pyridine rings is 1. The molecule has 114 valence electrons. The van der Waals surface area contributed by atoms with Gasteiger partial charge in [-0.3, -0.25) is 9.78 Å². The molecule has 1 fully saturated rings. The summed E-state index contributed by atoms with van der Waals surface area (Å²) in [5.41, 5.74) is 2.25. The first-order chi connectivity index (χ1) is 11.2. The molecule has 1 saturated carbocycles. The molecule has 0 unspecified atom stereocenters. The summed E-state index contributed by atoms with van der Waals surface area (Å²) in [6, 6.07) is 17.4. The van der Waals surface area contributed by atoms with Gasteiger partial charge < -0.3 is 5.32 Å². The zero-order valence-electron chi connectivity index (χ0n) is 12.4. The van der Waals surface area contributed by atoms with Crippen LogP contribution in [0, 0.1) is 0 Å². The van der Waals surface area contributed by atoms with Crippen molar-refractivity contribution in [2.75, 3.05) is 5.32 Å². The molecule has 2 aromatic carbocycles. The van der Waals surface area contributed by atoms with E-state index in [0.29, 0.717) is 5.02 Å². The van der Waals surface area contributed by atoms with Gasteiger partial charge in [0, 0.05) is 10.4 Å². The maximum atomic E-state index is 12.7. The molecule has 0 aliphatic heterocycles. The Morgan fingerprint density at radius 3 is 2.57 bits per heavy atom. The van der Waals surface area contributed by atoms with E-state index in [4.69, 9.17) is 11.6 Å². The fourth-order valence-electron chi connectivity index (χ4n) is 2.93. The van der Waals surface area contributed by atoms with Gasteiger partial charge in [0.15, 0.2) is 0 Å². The normalized spacial score (nSPS) is 15.3. The third kappa shape index (κ3) is 2.57. The fourth-order valence-corrected chi connectivity index (χ4v) is 3.06. The zero-order valence-corrected chi connectivity index (χ0v) is 13.2. The third-order valence-corrected chi connectivity index (χ3v) is 4.68.